The quantitative estimate of drug-likeness (QED) is 0.772. The molecule has 0 aliphatic carbocycles. The number of likely N-dealkylation sites (N-methyl/N-ethyl adjacent to an activating group) is 1. The fraction of sp³-hybridized carbons (Fsp3) is 0.333. The molecular formula is C12H16N2O3. The summed E-state index contributed by atoms with van der Waals surface area (Å²) in [6, 6.07) is 6.45. The van der Waals surface area contributed by atoms with Crippen LogP contribution in [0.15, 0.2) is 24.3 Å². The normalized spacial score (nSPS) is 11.0. The number of anilines is 1. The summed E-state index contributed by atoms with van der Waals surface area (Å²) < 4.78 is 0. The van der Waals surface area contributed by atoms with Gasteiger partial charge in [0.2, 0.25) is 0 Å². The van der Waals surface area contributed by atoms with E-state index in [9.17, 15) is 9.59 Å². The number of benzene rings is 1. The summed E-state index contributed by atoms with van der Waals surface area (Å²) in [4.78, 5) is 24.3. The van der Waals surface area contributed by atoms with E-state index in [0.29, 0.717) is 11.3 Å². The largest absolute Gasteiger partial charge is 0.480 e. The van der Waals surface area contributed by atoms with E-state index in [1.54, 1.807) is 18.2 Å². The van der Waals surface area contributed by atoms with Crippen LogP contribution in [0, 0.1) is 0 Å². The maximum Gasteiger partial charge on any atom is 0.329 e. The van der Waals surface area contributed by atoms with Crippen LogP contribution in [0.1, 0.15) is 24.2 Å². The first-order valence-electron chi connectivity index (χ1n) is 5.14. The molecule has 0 saturated heterocycles. The lowest BCUT2D eigenvalue weighted by molar-refractivity contribution is -0.147. The molecular weight excluding hydrogens is 220 g/mol. The summed E-state index contributed by atoms with van der Waals surface area (Å²) >= 11 is 0. The van der Waals surface area contributed by atoms with Gasteiger partial charge in [0.05, 0.1) is 0 Å². The van der Waals surface area contributed by atoms with Gasteiger partial charge in [0.1, 0.15) is 5.54 Å². The third-order valence-electron chi connectivity index (χ3n) is 2.80. The number of carbonyl (C=O) groups is 2. The number of nitrogens with two attached hydrogens (primary N) is 1. The fourth-order valence-electron chi connectivity index (χ4n) is 1.26. The Labute approximate surface area is 99.8 Å². The lowest BCUT2D eigenvalue weighted by Crippen LogP contribution is -2.50. The topological polar surface area (TPSA) is 83.6 Å². The minimum absolute atomic E-state index is 0.371. The number of carboxylic acids is 1. The second kappa shape index (κ2) is 4.45. The summed E-state index contributed by atoms with van der Waals surface area (Å²) in [6.07, 6.45) is 0. The molecule has 0 atom stereocenters. The number of nitrogens with zero attached hydrogens (tertiary/aromatic N) is 1. The van der Waals surface area contributed by atoms with Gasteiger partial charge in [-0.25, -0.2) is 4.79 Å². The van der Waals surface area contributed by atoms with Gasteiger partial charge < -0.3 is 15.7 Å². The molecule has 0 radical (unpaired) electrons. The minimum atomic E-state index is -1.26. The number of carbonyl (C=O) groups excluding carboxylic acids is 1. The van der Waals surface area contributed by atoms with Crippen LogP contribution in [0.4, 0.5) is 5.69 Å². The molecule has 92 valence electrons. The van der Waals surface area contributed by atoms with Crippen molar-refractivity contribution in [2.75, 3.05) is 12.8 Å². The van der Waals surface area contributed by atoms with Crippen LogP contribution in [-0.4, -0.2) is 34.5 Å². The number of rotatable bonds is 3. The average Bonchev–Trinajstić information content (AvgIpc) is 2.26. The SMILES string of the molecule is CN(C(=O)c1cccc(N)c1)C(C)(C)C(=O)O. The minimum Gasteiger partial charge on any atom is -0.480 e. The Morgan fingerprint density at radius 1 is 1.35 bits per heavy atom. The van der Waals surface area contributed by atoms with Gasteiger partial charge in [-0.2, -0.15) is 0 Å². The van der Waals surface area contributed by atoms with Gasteiger partial charge in [0, 0.05) is 18.3 Å². The van der Waals surface area contributed by atoms with Crippen molar-refractivity contribution in [3.63, 3.8) is 0 Å². The Balaban J connectivity index is 3.02. The standard InChI is InChI=1S/C12H16N2O3/c1-12(2,11(16)17)14(3)10(15)8-5-4-6-9(13)7-8/h4-7H,13H2,1-3H3,(H,16,17). The molecule has 0 unspecified atom stereocenters. The van der Waals surface area contributed by atoms with E-state index < -0.39 is 11.5 Å². The number of nitrogen functional groups attached to an aromatic ring is 1. The highest BCUT2D eigenvalue weighted by Gasteiger charge is 2.35. The number of carboxylic acid groups (broad SMARTS) is 1. The van der Waals surface area contributed by atoms with Crippen LogP contribution < -0.4 is 5.73 Å². The van der Waals surface area contributed by atoms with Gasteiger partial charge in [-0.1, -0.05) is 6.07 Å². The van der Waals surface area contributed by atoms with E-state index >= 15 is 0 Å². The second-order valence-corrected chi connectivity index (χ2v) is 4.35. The van der Waals surface area contributed by atoms with Gasteiger partial charge in [-0.3, -0.25) is 4.79 Å². The third-order valence-corrected chi connectivity index (χ3v) is 2.80. The first-order chi connectivity index (χ1) is 7.76. The molecule has 0 aliphatic heterocycles. The number of amides is 1. The number of aliphatic carboxylic acids is 1. The molecule has 5 nitrogen and oxygen atoms in total. The summed E-state index contributed by atoms with van der Waals surface area (Å²) in [6.45, 7) is 2.94. The predicted octanol–water partition coefficient (Wildman–Crippen LogP) is 1.20. The molecule has 0 aromatic heterocycles. The molecule has 0 fully saturated rings. The van der Waals surface area contributed by atoms with E-state index in [2.05, 4.69) is 0 Å². The van der Waals surface area contributed by atoms with Crippen molar-refractivity contribution in [2.24, 2.45) is 0 Å². The Morgan fingerprint density at radius 3 is 2.41 bits per heavy atom. The molecule has 1 rings (SSSR count). The lowest BCUT2D eigenvalue weighted by Gasteiger charge is -2.31. The van der Waals surface area contributed by atoms with Crippen molar-refractivity contribution in [1.82, 2.24) is 4.90 Å². The Hall–Kier alpha value is -2.04. The van der Waals surface area contributed by atoms with Crippen LogP contribution in [0.25, 0.3) is 0 Å². The Bertz CT molecular complexity index is 455. The zero-order chi connectivity index (χ0) is 13.2. The summed E-state index contributed by atoms with van der Waals surface area (Å²) in [5.74, 6) is -1.43. The maximum absolute atomic E-state index is 12.1. The fourth-order valence-corrected chi connectivity index (χ4v) is 1.26. The van der Waals surface area contributed by atoms with E-state index in [1.807, 2.05) is 0 Å². The Kier molecular flexibility index (Phi) is 3.41. The van der Waals surface area contributed by atoms with E-state index in [1.165, 1.54) is 31.9 Å². The average molecular weight is 236 g/mol. The van der Waals surface area contributed by atoms with E-state index in [0.717, 1.165) is 0 Å². The first kappa shape index (κ1) is 13.0. The van der Waals surface area contributed by atoms with Gasteiger partial charge in [0.15, 0.2) is 0 Å². The van der Waals surface area contributed by atoms with Crippen molar-refractivity contribution >= 4 is 17.6 Å². The first-order valence-corrected chi connectivity index (χ1v) is 5.14. The third kappa shape index (κ3) is 2.55. The Morgan fingerprint density at radius 2 is 1.94 bits per heavy atom. The molecule has 0 heterocycles. The highest BCUT2D eigenvalue weighted by molar-refractivity contribution is 5.98. The molecule has 17 heavy (non-hydrogen) atoms. The summed E-state index contributed by atoms with van der Waals surface area (Å²) in [5.41, 5.74) is 5.16. The summed E-state index contributed by atoms with van der Waals surface area (Å²) in [7, 11) is 1.46. The van der Waals surface area contributed by atoms with Crippen molar-refractivity contribution < 1.29 is 14.7 Å². The predicted molar refractivity (Wildman–Crippen MR) is 64.7 cm³/mol. The van der Waals surface area contributed by atoms with Gasteiger partial charge in [-0.05, 0) is 32.0 Å². The molecule has 1 amide bonds. The molecule has 1 aromatic rings. The molecule has 5 heteroatoms. The van der Waals surface area contributed by atoms with Gasteiger partial charge in [-0.15, -0.1) is 0 Å². The molecule has 0 aliphatic rings. The van der Waals surface area contributed by atoms with Gasteiger partial charge >= 0.3 is 5.97 Å². The van der Waals surface area contributed by atoms with Crippen LogP contribution in [0.5, 0.6) is 0 Å². The number of hydrogen-bond donors (Lipinski definition) is 2. The van der Waals surface area contributed by atoms with Gasteiger partial charge in [0.25, 0.3) is 5.91 Å². The highest BCUT2D eigenvalue weighted by Crippen LogP contribution is 2.17. The van der Waals surface area contributed by atoms with E-state index in [4.69, 9.17) is 10.8 Å². The number of hydrogen-bond acceptors (Lipinski definition) is 3. The second-order valence-electron chi connectivity index (χ2n) is 4.35. The van der Waals surface area contributed by atoms with Crippen LogP contribution >= 0.6 is 0 Å². The highest BCUT2D eigenvalue weighted by atomic mass is 16.4. The smallest absolute Gasteiger partial charge is 0.329 e. The summed E-state index contributed by atoms with van der Waals surface area (Å²) in [5, 5.41) is 9.04. The lowest BCUT2D eigenvalue weighted by atomic mass is 10.0. The van der Waals surface area contributed by atoms with Crippen molar-refractivity contribution in [2.45, 2.75) is 19.4 Å². The van der Waals surface area contributed by atoms with Crippen LogP contribution in [0.2, 0.25) is 0 Å². The van der Waals surface area contributed by atoms with Crippen molar-refractivity contribution in [3.8, 4) is 0 Å². The molecule has 3 N–H and O–H groups in total. The molecule has 0 saturated carbocycles. The van der Waals surface area contributed by atoms with Crippen LogP contribution in [-0.2, 0) is 4.79 Å². The molecule has 0 spiro atoms. The van der Waals surface area contributed by atoms with E-state index in [-0.39, 0.29) is 5.91 Å². The molecule has 0 bridgehead atoms. The van der Waals surface area contributed by atoms with Crippen molar-refractivity contribution in [1.29, 1.82) is 0 Å². The zero-order valence-electron chi connectivity index (χ0n) is 10.1. The zero-order valence-corrected chi connectivity index (χ0v) is 10.1. The molecule has 1 aromatic carbocycles. The van der Waals surface area contributed by atoms with Crippen LogP contribution in [0.3, 0.4) is 0 Å². The monoisotopic (exact) mass is 236 g/mol. The maximum atomic E-state index is 12.1. The van der Waals surface area contributed by atoms with Crippen molar-refractivity contribution in [3.05, 3.63) is 29.8 Å².